The van der Waals surface area contributed by atoms with Crippen LogP contribution in [0.3, 0.4) is 0 Å². The van der Waals surface area contributed by atoms with Crippen LogP contribution in [0.4, 0.5) is 0 Å². The molecule has 1 aromatic heterocycles. The van der Waals surface area contributed by atoms with Crippen molar-refractivity contribution in [2.45, 2.75) is 25.9 Å². The molecule has 1 heterocycles. The molecule has 0 aliphatic rings. The van der Waals surface area contributed by atoms with Gasteiger partial charge in [-0.15, -0.1) is 0 Å². The fraction of sp³-hybridized carbons (Fsp3) is 0.111. The van der Waals surface area contributed by atoms with Gasteiger partial charge in [-0.1, -0.05) is 109 Å². The van der Waals surface area contributed by atoms with Gasteiger partial charge >= 0.3 is 8.16 Å². The quantitative estimate of drug-likeness (QED) is 0.162. The van der Waals surface area contributed by atoms with Crippen LogP contribution < -0.4 is 4.67 Å². The molecule has 2 unspecified atom stereocenters. The third-order valence-corrected chi connectivity index (χ3v) is 11.4. The summed E-state index contributed by atoms with van der Waals surface area (Å²) in [4.78, 5) is 0. The molecule has 216 valence electrons. The Balaban J connectivity index is 0.00000329. The lowest BCUT2D eigenvalue weighted by molar-refractivity contribution is 0.557. The van der Waals surface area contributed by atoms with Gasteiger partial charge in [0.2, 0.25) is 0 Å². The van der Waals surface area contributed by atoms with Crippen LogP contribution in [-0.2, 0) is 0 Å². The van der Waals surface area contributed by atoms with Crippen LogP contribution >= 0.6 is 66.8 Å². The van der Waals surface area contributed by atoms with Crippen molar-refractivity contribution in [3.05, 3.63) is 140 Å². The van der Waals surface area contributed by atoms with Crippen LogP contribution in [0.1, 0.15) is 37.1 Å². The molecule has 0 aliphatic carbocycles. The Morgan fingerprint density at radius 1 is 0.558 bits per heavy atom. The van der Waals surface area contributed by atoms with E-state index in [1.165, 1.54) is 32.7 Å². The van der Waals surface area contributed by atoms with E-state index in [1.807, 2.05) is 0 Å². The fourth-order valence-corrected chi connectivity index (χ4v) is 9.45. The first-order chi connectivity index (χ1) is 20.5. The standard InChI is InChI=1S/C36H28I2NO2P.H2S/c1-23(25-13-5-3-6-14-25)39(24(2)26-15-7-4-8-16-26)42-40-35-31(37)21-27-17-9-11-19-29(27)33(35)34-30-20-12-10-18-28(30)22-32(38)36(34)41-42;/h3-24H,1-2H3;1H2. The van der Waals surface area contributed by atoms with Gasteiger partial charge in [0.25, 0.3) is 0 Å². The summed E-state index contributed by atoms with van der Waals surface area (Å²) in [6.45, 7) is 4.51. The van der Waals surface area contributed by atoms with Crippen molar-refractivity contribution in [3.8, 4) is 0 Å². The van der Waals surface area contributed by atoms with Gasteiger partial charge in [0.1, 0.15) is 0 Å². The summed E-state index contributed by atoms with van der Waals surface area (Å²) in [5.74, 6) is 0. The second-order valence-corrected chi connectivity index (χ2v) is 14.2. The summed E-state index contributed by atoms with van der Waals surface area (Å²) in [6.07, 6.45) is 0. The van der Waals surface area contributed by atoms with Crippen molar-refractivity contribution in [1.82, 2.24) is 0 Å². The lowest BCUT2D eigenvalue weighted by Crippen LogP contribution is -2.27. The van der Waals surface area contributed by atoms with E-state index in [2.05, 4.69) is 185 Å². The van der Waals surface area contributed by atoms with Gasteiger partial charge in [0.05, 0.1) is 7.14 Å². The van der Waals surface area contributed by atoms with Crippen molar-refractivity contribution in [2.75, 3.05) is 4.67 Å². The number of halogens is 2. The summed E-state index contributed by atoms with van der Waals surface area (Å²) in [5, 5.41) is 6.92. The van der Waals surface area contributed by atoms with Gasteiger partial charge in [0, 0.05) is 22.9 Å². The van der Waals surface area contributed by atoms with Crippen LogP contribution in [-0.4, -0.2) is 0 Å². The molecular formula is C36H30I2NO2PS. The largest absolute Gasteiger partial charge is 0.407 e. The highest BCUT2D eigenvalue weighted by molar-refractivity contribution is 14.1. The molecule has 7 rings (SSSR count). The van der Waals surface area contributed by atoms with Crippen molar-refractivity contribution >= 4 is 110 Å². The Hall–Kier alpha value is -2.49. The molecule has 0 spiro atoms. The topological polar surface area (TPSA) is 29.5 Å². The Labute approximate surface area is 286 Å². The molecule has 6 aromatic carbocycles. The second kappa shape index (κ2) is 12.9. The van der Waals surface area contributed by atoms with Gasteiger partial charge in [-0.3, -0.25) is 0 Å². The molecule has 2 atom stereocenters. The van der Waals surface area contributed by atoms with Gasteiger partial charge in [-0.05, 0) is 104 Å². The van der Waals surface area contributed by atoms with Crippen LogP contribution in [0.2, 0.25) is 0 Å². The summed E-state index contributed by atoms with van der Waals surface area (Å²) in [5.41, 5.74) is 4.22. The molecule has 0 N–H and O–H groups in total. The van der Waals surface area contributed by atoms with Crippen LogP contribution in [0, 0.1) is 7.14 Å². The van der Waals surface area contributed by atoms with Gasteiger partial charge in [-0.2, -0.15) is 18.2 Å². The predicted octanol–water partition coefficient (Wildman–Crippen LogP) is 12.4. The minimum atomic E-state index is -1.58. The molecule has 3 nitrogen and oxygen atoms in total. The first kappa shape index (κ1) is 30.5. The van der Waals surface area contributed by atoms with Crippen LogP contribution in [0.15, 0.2) is 130 Å². The normalized spacial score (nSPS) is 13.0. The molecule has 0 fully saturated rings. The summed E-state index contributed by atoms with van der Waals surface area (Å²) in [6, 6.07) is 43.1. The Bertz CT molecular complexity index is 1970. The zero-order valence-electron chi connectivity index (χ0n) is 23.7. The maximum absolute atomic E-state index is 7.19. The van der Waals surface area contributed by atoms with E-state index in [9.17, 15) is 0 Å². The van der Waals surface area contributed by atoms with Gasteiger partial charge < -0.3 is 8.39 Å². The first-order valence-corrected chi connectivity index (χ1v) is 17.3. The van der Waals surface area contributed by atoms with E-state index in [0.29, 0.717) is 0 Å². The molecule has 0 amide bonds. The minimum absolute atomic E-state index is 0. The van der Waals surface area contributed by atoms with E-state index in [0.717, 1.165) is 29.1 Å². The molecule has 7 heteroatoms. The maximum atomic E-state index is 7.19. The lowest BCUT2D eigenvalue weighted by Gasteiger charge is -2.31. The van der Waals surface area contributed by atoms with Crippen LogP contribution in [0.5, 0.6) is 0 Å². The third-order valence-electron chi connectivity index (χ3n) is 8.05. The number of hydrogen-bond acceptors (Lipinski definition) is 3. The van der Waals surface area contributed by atoms with E-state index in [-0.39, 0.29) is 25.6 Å². The van der Waals surface area contributed by atoms with Crippen LogP contribution in [0.25, 0.3) is 43.5 Å². The zero-order valence-corrected chi connectivity index (χ0v) is 29.9. The number of rotatable bonds is 5. The molecule has 0 saturated carbocycles. The van der Waals surface area contributed by atoms with E-state index >= 15 is 0 Å². The molecule has 0 saturated heterocycles. The lowest BCUT2D eigenvalue weighted by atomic mass is 9.99. The Kier molecular flexibility index (Phi) is 9.13. The van der Waals surface area contributed by atoms with E-state index in [4.69, 9.17) is 8.39 Å². The summed E-state index contributed by atoms with van der Waals surface area (Å²) in [7, 11) is -1.58. The first-order valence-electron chi connectivity index (χ1n) is 14.0. The highest BCUT2D eigenvalue weighted by atomic mass is 127. The molecular weight excluding hydrogens is 795 g/mol. The monoisotopic (exact) mass is 825 g/mol. The predicted molar refractivity (Wildman–Crippen MR) is 205 cm³/mol. The molecule has 0 aliphatic heterocycles. The molecule has 0 radical (unpaired) electrons. The van der Waals surface area contributed by atoms with Gasteiger partial charge in [0.15, 0.2) is 11.2 Å². The smallest absolute Gasteiger partial charge is 0.310 e. The minimum Gasteiger partial charge on any atom is -0.407 e. The number of nitrogens with zero attached hydrogens (tertiary/aromatic N) is 1. The highest BCUT2D eigenvalue weighted by Crippen LogP contribution is 2.49. The molecule has 43 heavy (non-hydrogen) atoms. The summed E-state index contributed by atoms with van der Waals surface area (Å²) < 4.78 is 19.0. The van der Waals surface area contributed by atoms with Crippen molar-refractivity contribution in [3.63, 3.8) is 0 Å². The number of fused-ring (bicyclic) bond motifs is 7. The zero-order chi connectivity index (χ0) is 28.8. The third kappa shape index (κ3) is 5.61. The molecule has 7 aromatic rings. The highest BCUT2D eigenvalue weighted by Gasteiger charge is 2.30. The number of benzene rings is 6. The average molecular weight is 825 g/mol. The summed E-state index contributed by atoms with van der Waals surface area (Å²) >= 11 is 4.88. The van der Waals surface area contributed by atoms with Crippen molar-refractivity contribution < 1.29 is 8.39 Å². The second-order valence-electron chi connectivity index (χ2n) is 10.5. The van der Waals surface area contributed by atoms with E-state index in [1.54, 1.807) is 0 Å². The van der Waals surface area contributed by atoms with Crippen molar-refractivity contribution in [1.29, 1.82) is 0 Å². The fourth-order valence-electron chi connectivity index (χ4n) is 5.92. The average Bonchev–Trinajstić information content (AvgIpc) is 3.21. The Morgan fingerprint density at radius 3 is 1.35 bits per heavy atom. The SMILES string of the molecule is CC(c1ccccc1)N(C(C)c1ccccc1)p1oc2c(I)cc3ccccc3c2c2c(o1)c(I)cc1ccccc12.S. The van der Waals surface area contributed by atoms with Crippen molar-refractivity contribution in [2.24, 2.45) is 0 Å². The maximum Gasteiger partial charge on any atom is 0.310 e. The Morgan fingerprint density at radius 2 is 0.930 bits per heavy atom. The number of hydrogen-bond donors (Lipinski definition) is 0. The van der Waals surface area contributed by atoms with E-state index < -0.39 is 8.16 Å². The van der Waals surface area contributed by atoms with Gasteiger partial charge in [-0.25, -0.2) is 0 Å². The molecule has 0 bridgehead atoms.